The zero-order valence-corrected chi connectivity index (χ0v) is 16.1. The van der Waals surface area contributed by atoms with Crippen LogP contribution in [-0.2, 0) is 21.4 Å². The van der Waals surface area contributed by atoms with Crippen LogP contribution < -0.4 is 10.6 Å². The normalized spacial score (nSPS) is 21.4. The predicted molar refractivity (Wildman–Crippen MR) is 106 cm³/mol. The summed E-state index contributed by atoms with van der Waals surface area (Å²) >= 11 is 0. The molecule has 150 valence electrons. The third-order valence-corrected chi connectivity index (χ3v) is 5.73. The Morgan fingerprint density at radius 2 is 2.04 bits per heavy atom. The fourth-order valence-corrected chi connectivity index (χ4v) is 4.07. The average molecular weight is 384 g/mol. The van der Waals surface area contributed by atoms with Crippen molar-refractivity contribution in [2.75, 3.05) is 31.7 Å². The molecule has 0 unspecified atom stereocenters. The molecule has 2 fully saturated rings. The van der Waals surface area contributed by atoms with Crippen molar-refractivity contribution >= 4 is 11.7 Å². The molecule has 2 amide bonds. The molecule has 2 N–H and O–H groups in total. The molecule has 7 heteroatoms. The molecule has 0 saturated carbocycles. The van der Waals surface area contributed by atoms with E-state index in [0.29, 0.717) is 25.4 Å². The van der Waals surface area contributed by atoms with Crippen LogP contribution >= 0.6 is 0 Å². The number of urea groups is 1. The Balaban J connectivity index is 1.33. The van der Waals surface area contributed by atoms with E-state index >= 15 is 0 Å². The molecule has 1 atom stereocenters. The lowest BCUT2D eigenvalue weighted by Gasteiger charge is -2.37. The minimum absolute atomic E-state index is 0.0825. The van der Waals surface area contributed by atoms with Crippen molar-refractivity contribution < 1.29 is 14.3 Å². The minimum atomic E-state index is -0.210. The molecule has 3 heterocycles. The summed E-state index contributed by atoms with van der Waals surface area (Å²) in [5.41, 5.74) is 1.86. The van der Waals surface area contributed by atoms with Gasteiger partial charge in [0, 0.05) is 38.0 Å². The maximum atomic E-state index is 12.5. The second-order valence-electron chi connectivity index (χ2n) is 7.65. The second kappa shape index (κ2) is 8.75. The lowest BCUT2D eigenvalue weighted by Crippen LogP contribution is -2.45. The third kappa shape index (κ3) is 4.54. The number of carbonyl (C=O) groups is 1. The molecule has 1 aromatic heterocycles. The van der Waals surface area contributed by atoms with Crippen molar-refractivity contribution in [3.63, 3.8) is 0 Å². The Morgan fingerprint density at radius 3 is 2.79 bits per heavy atom. The van der Waals surface area contributed by atoms with E-state index in [9.17, 15) is 4.79 Å². The molecule has 0 aliphatic carbocycles. The zero-order chi connectivity index (χ0) is 19.2. The molecule has 2 aliphatic rings. The van der Waals surface area contributed by atoms with E-state index in [-0.39, 0.29) is 17.6 Å². The number of carbonyl (C=O) groups excluding carboxylic acids is 1. The lowest BCUT2D eigenvalue weighted by atomic mass is 9.74. The average Bonchev–Trinajstić information content (AvgIpc) is 3.40. The first-order chi connectivity index (χ1) is 13.7. The maximum Gasteiger partial charge on any atom is 0.319 e. The highest BCUT2D eigenvalue weighted by Crippen LogP contribution is 2.34. The van der Waals surface area contributed by atoms with E-state index < -0.39 is 0 Å². The fraction of sp³-hybridized carbons (Fsp3) is 0.524. The predicted octanol–water partition coefficient (Wildman–Crippen LogP) is 2.93. The summed E-state index contributed by atoms with van der Waals surface area (Å²) in [5, 5.41) is 10.3. The number of nitrogens with zero attached hydrogens (tertiary/aromatic N) is 2. The van der Waals surface area contributed by atoms with Gasteiger partial charge in [-0.15, -0.1) is 0 Å². The SMILES string of the molecule is O=C(NCC1(c2ccccc2)CCOCC1)Nc1cnn(C[C@H]2CCCO2)c1. The Bertz CT molecular complexity index is 765. The van der Waals surface area contributed by atoms with Crippen LogP contribution in [0, 0.1) is 0 Å². The van der Waals surface area contributed by atoms with Crippen LogP contribution in [0.25, 0.3) is 0 Å². The van der Waals surface area contributed by atoms with Gasteiger partial charge in [0.2, 0.25) is 0 Å². The molecule has 28 heavy (non-hydrogen) atoms. The van der Waals surface area contributed by atoms with Crippen molar-refractivity contribution in [3.8, 4) is 0 Å². The molecule has 2 saturated heterocycles. The molecule has 0 spiro atoms. The molecule has 7 nitrogen and oxygen atoms in total. The van der Waals surface area contributed by atoms with Crippen LogP contribution in [0.15, 0.2) is 42.7 Å². The molecule has 1 aromatic carbocycles. The van der Waals surface area contributed by atoms with Crippen LogP contribution in [0.1, 0.15) is 31.2 Å². The van der Waals surface area contributed by atoms with Crippen LogP contribution in [-0.4, -0.2) is 48.3 Å². The molecule has 2 aliphatic heterocycles. The fourth-order valence-electron chi connectivity index (χ4n) is 4.07. The highest BCUT2D eigenvalue weighted by Gasteiger charge is 2.34. The molecule has 0 bridgehead atoms. The van der Waals surface area contributed by atoms with Gasteiger partial charge in [0.15, 0.2) is 0 Å². The number of hydrogen-bond donors (Lipinski definition) is 2. The number of nitrogens with one attached hydrogen (secondary N) is 2. The van der Waals surface area contributed by atoms with Crippen molar-refractivity contribution in [1.29, 1.82) is 0 Å². The number of hydrogen-bond acceptors (Lipinski definition) is 4. The van der Waals surface area contributed by atoms with Gasteiger partial charge in [0.05, 0.1) is 24.5 Å². The van der Waals surface area contributed by atoms with Crippen molar-refractivity contribution in [3.05, 3.63) is 48.3 Å². The maximum absolute atomic E-state index is 12.5. The van der Waals surface area contributed by atoms with Crippen molar-refractivity contribution in [2.24, 2.45) is 0 Å². The van der Waals surface area contributed by atoms with Gasteiger partial charge in [-0.25, -0.2) is 4.79 Å². The number of anilines is 1. The van der Waals surface area contributed by atoms with Crippen LogP contribution in [0.5, 0.6) is 0 Å². The van der Waals surface area contributed by atoms with E-state index in [1.807, 2.05) is 16.9 Å². The Morgan fingerprint density at radius 1 is 1.21 bits per heavy atom. The van der Waals surface area contributed by atoms with Crippen LogP contribution in [0.2, 0.25) is 0 Å². The molecule has 2 aromatic rings. The molecule has 0 radical (unpaired) electrons. The van der Waals surface area contributed by atoms with Gasteiger partial charge in [-0.05, 0) is 31.2 Å². The van der Waals surface area contributed by atoms with Crippen LogP contribution in [0.4, 0.5) is 10.5 Å². The molecule has 4 rings (SSSR count). The summed E-state index contributed by atoms with van der Waals surface area (Å²) in [6.07, 6.45) is 7.72. The van der Waals surface area contributed by atoms with Crippen molar-refractivity contribution in [1.82, 2.24) is 15.1 Å². The Kier molecular flexibility index (Phi) is 5.92. The highest BCUT2D eigenvalue weighted by atomic mass is 16.5. The number of ether oxygens (including phenoxy) is 2. The zero-order valence-electron chi connectivity index (χ0n) is 16.1. The molecular weight excluding hydrogens is 356 g/mol. The Hall–Kier alpha value is -2.38. The minimum Gasteiger partial charge on any atom is -0.381 e. The summed E-state index contributed by atoms with van der Waals surface area (Å²) in [7, 11) is 0. The van der Waals surface area contributed by atoms with Gasteiger partial charge >= 0.3 is 6.03 Å². The summed E-state index contributed by atoms with van der Waals surface area (Å²) in [6, 6.07) is 10.2. The van der Waals surface area contributed by atoms with E-state index in [1.54, 1.807) is 6.20 Å². The number of aromatic nitrogens is 2. The summed E-state index contributed by atoms with van der Waals surface area (Å²) in [6.45, 7) is 3.56. The van der Waals surface area contributed by atoms with Gasteiger partial charge in [0.1, 0.15) is 0 Å². The Labute approximate surface area is 165 Å². The quantitative estimate of drug-likeness (QED) is 0.803. The standard InChI is InChI=1S/C21H28N4O3/c26-20(24-18-13-23-25(14-18)15-19-7-4-10-28-19)22-16-21(8-11-27-12-9-21)17-5-2-1-3-6-17/h1-3,5-6,13-14,19H,4,7-12,15-16H2,(H2,22,24,26)/t19-/m1/s1. The monoisotopic (exact) mass is 384 g/mol. The lowest BCUT2D eigenvalue weighted by molar-refractivity contribution is 0.0508. The van der Waals surface area contributed by atoms with E-state index in [2.05, 4.69) is 40.0 Å². The summed E-state index contributed by atoms with van der Waals surface area (Å²) in [5.74, 6) is 0. The van der Waals surface area contributed by atoms with Gasteiger partial charge in [-0.1, -0.05) is 30.3 Å². The first-order valence-electron chi connectivity index (χ1n) is 10.1. The first kappa shape index (κ1) is 19.0. The summed E-state index contributed by atoms with van der Waals surface area (Å²) in [4.78, 5) is 12.5. The van der Waals surface area contributed by atoms with Gasteiger partial charge < -0.3 is 20.1 Å². The van der Waals surface area contributed by atoms with Crippen LogP contribution in [0.3, 0.4) is 0 Å². The van der Waals surface area contributed by atoms with Crippen molar-refractivity contribution in [2.45, 2.75) is 43.7 Å². The highest BCUT2D eigenvalue weighted by molar-refractivity contribution is 5.88. The van der Waals surface area contributed by atoms with E-state index in [4.69, 9.17) is 9.47 Å². The van der Waals surface area contributed by atoms with E-state index in [1.165, 1.54) is 5.56 Å². The summed E-state index contributed by atoms with van der Waals surface area (Å²) < 4.78 is 13.0. The third-order valence-electron chi connectivity index (χ3n) is 5.73. The smallest absolute Gasteiger partial charge is 0.319 e. The number of rotatable bonds is 6. The molecular formula is C21H28N4O3. The largest absolute Gasteiger partial charge is 0.381 e. The van der Waals surface area contributed by atoms with Gasteiger partial charge in [-0.3, -0.25) is 4.68 Å². The van der Waals surface area contributed by atoms with Gasteiger partial charge in [0.25, 0.3) is 0 Å². The first-order valence-corrected chi connectivity index (χ1v) is 10.1. The van der Waals surface area contributed by atoms with E-state index in [0.717, 1.165) is 38.8 Å². The number of amides is 2. The number of benzene rings is 1. The second-order valence-corrected chi connectivity index (χ2v) is 7.65. The topological polar surface area (TPSA) is 77.4 Å². The van der Waals surface area contributed by atoms with Gasteiger partial charge in [-0.2, -0.15) is 5.10 Å².